The Kier molecular flexibility index (Phi) is 4.18. The first kappa shape index (κ1) is 13.1. The third kappa shape index (κ3) is 3.84. The van der Waals surface area contributed by atoms with Gasteiger partial charge in [-0.3, -0.25) is 0 Å². The molecule has 0 unspecified atom stereocenters. The number of amides is 2. The fourth-order valence-corrected chi connectivity index (χ4v) is 1.66. The van der Waals surface area contributed by atoms with E-state index in [9.17, 15) is 9.18 Å². The summed E-state index contributed by atoms with van der Waals surface area (Å²) in [6.07, 6.45) is 1.55. The molecule has 19 heavy (non-hydrogen) atoms. The number of benzene rings is 1. The molecule has 1 aromatic carbocycles. The Morgan fingerprint density at radius 1 is 1.32 bits per heavy atom. The molecule has 0 fully saturated rings. The number of carbonyl (C=O) groups is 1. The highest BCUT2D eigenvalue weighted by Crippen LogP contribution is 2.12. The van der Waals surface area contributed by atoms with Gasteiger partial charge < -0.3 is 15.1 Å². The minimum Gasteiger partial charge on any atom is -0.467 e. The van der Waals surface area contributed by atoms with Gasteiger partial charge in [0.05, 0.1) is 18.8 Å². The molecule has 2 amide bonds. The Morgan fingerprint density at radius 3 is 2.68 bits per heavy atom. The smallest absolute Gasteiger partial charge is 0.315 e. The van der Waals surface area contributed by atoms with E-state index in [0.29, 0.717) is 12.3 Å². The highest BCUT2D eigenvalue weighted by atomic mass is 19.1. The molecule has 0 aliphatic carbocycles. The zero-order chi connectivity index (χ0) is 13.7. The number of halogens is 1. The lowest BCUT2D eigenvalue weighted by Gasteiger charge is -2.14. The van der Waals surface area contributed by atoms with Crippen LogP contribution < -0.4 is 10.6 Å². The highest BCUT2D eigenvalue weighted by molar-refractivity contribution is 5.74. The lowest BCUT2D eigenvalue weighted by molar-refractivity contribution is 0.236. The standard InChI is InChI=1S/C14H15FN2O2/c1-10(11-4-6-12(15)7-5-11)17-14(18)16-9-13-3-2-8-19-13/h2-8,10H,9H2,1H3,(H2,16,17,18)/t10-/m1/s1. The predicted molar refractivity (Wildman–Crippen MR) is 68.9 cm³/mol. The zero-order valence-corrected chi connectivity index (χ0v) is 10.5. The molecule has 2 rings (SSSR count). The number of urea groups is 1. The Bertz CT molecular complexity index is 523. The molecule has 2 N–H and O–H groups in total. The molecule has 5 heteroatoms. The number of nitrogens with one attached hydrogen (secondary N) is 2. The summed E-state index contributed by atoms with van der Waals surface area (Å²) in [4.78, 5) is 11.7. The van der Waals surface area contributed by atoms with Gasteiger partial charge in [-0.05, 0) is 36.8 Å². The zero-order valence-electron chi connectivity index (χ0n) is 10.5. The first-order chi connectivity index (χ1) is 9.15. The third-order valence-electron chi connectivity index (χ3n) is 2.72. The van der Waals surface area contributed by atoms with E-state index in [-0.39, 0.29) is 17.9 Å². The first-order valence-electron chi connectivity index (χ1n) is 5.97. The van der Waals surface area contributed by atoms with Crippen molar-refractivity contribution in [1.29, 1.82) is 0 Å². The highest BCUT2D eigenvalue weighted by Gasteiger charge is 2.09. The lowest BCUT2D eigenvalue weighted by Crippen LogP contribution is -2.36. The molecule has 1 heterocycles. The van der Waals surface area contributed by atoms with Crippen molar-refractivity contribution in [3.8, 4) is 0 Å². The summed E-state index contributed by atoms with van der Waals surface area (Å²) in [6.45, 7) is 2.16. The van der Waals surface area contributed by atoms with Gasteiger partial charge in [0.25, 0.3) is 0 Å². The van der Waals surface area contributed by atoms with Crippen molar-refractivity contribution in [1.82, 2.24) is 10.6 Å². The molecule has 0 aliphatic rings. The van der Waals surface area contributed by atoms with Gasteiger partial charge in [-0.25, -0.2) is 9.18 Å². The van der Waals surface area contributed by atoms with Gasteiger partial charge in [-0.1, -0.05) is 12.1 Å². The van der Waals surface area contributed by atoms with E-state index in [0.717, 1.165) is 5.56 Å². The van der Waals surface area contributed by atoms with Crippen LogP contribution in [0.15, 0.2) is 47.1 Å². The second kappa shape index (κ2) is 6.04. The summed E-state index contributed by atoms with van der Waals surface area (Å²) in [7, 11) is 0. The molecule has 0 saturated carbocycles. The normalized spacial score (nSPS) is 11.9. The van der Waals surface area contributed by atoms with Crippen molar-refractivity contribution in [3.05, 3.63) is 59.8 Å². The van der Waals surface area contributed by atoms with Gasteiger partial charge in [-0.2, -0.15) is 0 Å². The number of hydrogen-bond donors (Lipinski definition) is 2. The van der Waals surface area contributed by atoms with Gasteiger partial charge in [0.2, 0.25) is 0 Å². The molecule has 0 bridgehead atoms. The molecule has 0 saturated heterocycles. The molecule has 1 aromatic heterocycles. The van der Waals surface area contributed by atoms with Gasteiger partial charge in [0, 0.05) is 0 Å². The summed E-state index contributed by atoms with van der Waals surface area (Å²) >= 11 is 0. The minimum atomic E-state index is -0.298. The van der Waals surface area contributed by atoms with E-state index in [2.05, 4.69) is 10.6 Å². The molecule has 2 aromatic rings. The number of carbonyl (C=O) groups excluding carboxylic acids is 1. The van der Waals surface area contributed by atoms with E-state index in [4.69, 9.17) is 4.42 Å². The van der Waals surface area contributed by atoms with Crippen LogP contribution in [-0.2, 0) is 6.54 Å². The molecule has 0 aliphatic heterocycles. The Morgan fingerprint density at radius 2 is 2.05 bits per heavy atom. The van der Waals surface area contributed by atoms with E-state index in [1.54, 1.807) is 30.5 Å². The van der Waals surface area contributed by atoms with Gasteiger partial charge in [-0.15, -0.1) is 0 Å². The topological polar surface area (TPSA) is 54.3 Å². The first-order valence-corrected chi connectivity index (χ1v) is 5.97. The largest absolute Gasteiger partial charge is 0.467 e. The maximum absolute atomic E-state index is 12.8. The van der Waals surface area contributed by atoms with Gasteiger partial charge in [0.15, 0.2) is 0 Å². The van der Waals surface area contributed by atoms with Crippen LogP contribution in [-0.4, -0.2) is 6.03 Å². The quantitative estimate of drug-likeness (QED) is 0.890. The second-order valence-electron chi connectivity index (χ2n) is 4.18. The van der Waals surface area contributed by atoms with Crippen molar-refractivity contribution in [2.75, 3.05) is 0 Å². The maximum atomic E-state index is 12.8. The van der Waals surface area contributed by atoms with E-state index < -0.39 is 0 Å². The fraction of sp³-hybridized carbons (Fsp3) is 0.214. The molecular weight excluding hydrogens is 247 g/mol. The van der Waals surface area contributed by atoms with Crippen LogP contribution in [0.5, 0.6) is 0 Å². The van der Waals surface area contributed by atoms with E-state index in [1.165, 1.54) is 12.1 Å². The third-order valence-corrected chi connectivity index (χ3v) is 2.72. The summed E-state index contributed by atoms with van der Waals surface area (Å²) in [5.74, 6) is 0.391. The molecule has 100 valence electrons. The average Bonchev–Trinajstić information content (AvgIpc) is 2.90. The van der Waals surface area contributed by atoms with Crippen molar-refractivity contribution >= 4 is 6.03 Å². The Hall–Kier alpha value is -2.30. The van der Waals surface area contributed by atoms with Crippen molar-refractivity contribution in [2.45, 2.75) is 19.5 Å². The van der Waals surface area contributed by atoms with Gasteiger partial charge >= 0.3 is 6.03 Å². The predicted octanol–water partition coefficient (Wildman–Crippen LogP) is 2.98. The Balaban J connectivity index is 1.83. The minimum absolute atomic E-state index is 0.197. The van der Waals surface area contributed by atoms with Gasteiger partial charge in [0.1, 0.15) is 11.6 Å². The van der Waals surface area contributed by atoms with Crippen LogP contribution in [0.1, 0.15) is 24.3 Å². The van der Waals surface area contributed by atoms with Crippen molar-refractivity contribution in [3.63, 3.8) is 0 Å². The summed E-state index contributed by atoms with van der Waals surface area (Å²) in [6, 6.07) is 9.08. The van der Waals surface area contributed by atoms with Crippen LogP contribution in [0.2, 0.25) is 0 Å². The van der Waals surface area contributed by atoms with Crippen molar-refractivity contribution in [2.24, 2.45) is 0 Å². The molecular formula is C14H15FN2O2. The number of furan rings is 1. The van der Waals surface area contributed by atoms with Crippen LogP contribution in [0.4, 0.5) is 9.18 Å². The lowest BCUT2D eigenvalue weighted by atomic mass is 10.1. The van der Waals surface area contributed by atoms with Crippen LogP contribution >= 0.6 is 0 Å². The molecule has 0 radical (unpaired) electrons. The number of rotatable bonds is 4. The maximum Gasteiger partial charge on any atom is 0.315 e. The fourth-order valence-electron chi connectivity index (χ4n) is 1.66. The molecule has 1 atom stereocenters. The second-order valence-corrected chi connectivity index (χ2v) is 4.18. The SMILES string of the molecule is C[C@@H](NC(=O)NCc1ccco1)c1ccc(F)cc1. The molecule has 4 nitrogen and oxygen atoms in total. The van der Waals surface area contributed by atoms with E-state index >= 15 is 0 Å². The van der Waals surface area contributed by atoms with Crippen LogP contribution in [0.25, 0.3) is 0 Å². The average molecular weight is 262 g/mol. The van der Waals surface area contributed by atoms with Crippen molar-refractivity contribution < 1.29 is 13.6 Å². The van der Waals surface area contributed by atoms with E-state index in [1.807, 2.05) is 6.92 Å². The summed E-state index contributed by atoms with van der Waals surface area (Å²) < 4.78 is 17.9. The Labute approximate surface area is 110 Å². The number of hydrogen-bond acceptors (Lipinski definition) is 2. The summed E-state index contributed by atoms with van der Waals surface area (Å²) in [5.41, 5.74) is 0.842. The van der Waals surface area contributed by atoms with Crippen LogP contribution in [0.3, 0.4) is 0 Å². The summed E-state index contributed by atoms with van der Waals surface area (Å²) in [5, 5.41) is 5.44. The van der Waals surface area contributed by atoms with Crippen LogP contribution in [0, 0.1) is 5.82 Å². The molecule has 0 spiro atoms. The monoisotopic (exact) mass is 262 g/mol.